The highest BCUT2D eigenvalue weighted by Gasteiger charge is 2.28. The van der Waals surface area contributed by atoms with E-state index in [1.54, 1.807) is 15.9 Å². The number of fused-ring (bicyclic) bond motifs is 2. The summed E-state index contributed by atoms with van der Waals surface area (Å²) in [4.78, 5) is 19.0. The van der Waals surface area contributed by atoms with Crippen LogP contribution in [0.4, 0.5) is 5.69 Å². The molecule has 55 heavy (non-hydrogen) atoms. The highest BCUT2D eigenvalue weighted by molar-refractivity contribution is 7.86. The first-order valence-corrected chi connectivity index (χ1v) is 19.7. The fraction of sp³-hybridized carbons (Fsp3) is 0.333. The van der Waals surface area contributed by atoms with Gasteiger partial charge < -0.3 is 33.8 Å². The number of H-pyrrole nitrogens is 1. The van der Waals surface area contributed by atoms with Crippen LogP contribution < -0.4 is 14.4 Å². The number of carbonyl (C=O) groups excluding carboxylic acids is 1. The molecule has 6 aromatic rings. The summed E-state index contributed by atoms with van der Waals surface area (Å²) in [6, 6.07) is 28.1. The second-order valence-electron chi connectivity index (χ2n) is 13.6. The van der Waals surface area contributed by atoms with E-state index in [1.165, 1.54) is 0 Å². The van der Waals surface area contributed by atoms with Crippen molar-refractivity contribution in [3.8, 4) is 22.6 Å². The summed E-state index contributed by atoms with van der Waals surface area (Å²) in [7, 11) is 5.49. The Bertz CT molecular complexity index is 2240. The van der Waals surface area contributed by atoms with Crippen LogP contribution in [0.25, 0.3) is 32.8 Å². The van der Waals surface area contributed by atoms with Gasteiger partial charge in [0.05, 0.1) is 49.8 Å². The molecule has 0 radical (unpaired) electrons. The van der Waals surface area contributed by atoms with E-state index < -0.39 is 17.5 Å². The van der Waals surface area contributed by atoms with E-state index in [0.717, 1.165) is 81.7 Å². The zero-order valence-corrected chi connectivity index (χ0v) is 32.6. The first-order chi connectivity index (χ1) is 26.8. The number of nitrogens with one attached hydrogen (secondary N) is 1. The van der Waals surface area contributed by atoms with Gasteiger partial charge >= 0.3 is 5.97 Å². The van der Waals surface area contributed by atoms with E-state index in [-0.39, 0.29) is 19.8 Å². The monoisotopic (exact) mass is 764 g/mol. The minimum atomic E-state index is -1.12. The first-order valence-electron chi connectivity index (χ1n) is 18.7. The van der Waals surface area contributed by atoms with Gasteiger partial charge in [0.25, 0.3) is 0 Å². The van der Waals surface area contributed by atoms with E-state index in [1.807, 2.05) is 92.2 Å². The number of hydrogen-bond acceptors (Lipinski definition) is 10. The van der Waals surface area contributed by atoms with Crippen LogP contribution in [0, 0.1) is 0 Å². The molecule has 1 fully saturated rings. The number of esters is 1. The molecule has 0 bridgehead atoms. The second-order valence-corrected chi connectivity index (χ2v) is 15.4. The Morgan fingerprint density at radius 3 is 2.42 bits per heavy atom. The number of aryl methyl sites for hydroxylation is 2. The summed E-state index contributed by atoms with van der Waals surface area (Å²) in [5.41, 5.74) is 5.96. The summed E-state index contributed by atoms with van der Waals surface area (Å²) in [6.07, 6.45) is 1.26. The molecule has 3 heterocycles. The molecule has 4 aromatic carbocycles. The molecule has 7 rings (SSSR count). The molecule has 1 saturated heterocycles. The Labute approximate surface area is 324 Å². The quantitative estimate of drug-likeness (QED) is 0.0704. The highest BCUT2D eigenvalue weighted by atomic mass is 32.2. The Kier molecular flexibility index (Phi) is 11.9. The molecule has 1 unspecified atom stereocenters. The zero-order valence-electron chi connectivity index (χ0n) is 31.8. The fourth-order valence-electron chi connectivity index (χ4n) is 7.32. The number of hydrogen-bond donors (Lipinski definition) is 2. The van der Waals surface area contributed by atoms with Crippen LogP contribution >= 0.6 is 0 Å². The summed E-state index contributed by atoms with van der Waals surface area (Å²) >= 11 is -1.12. The van der Waals surface area contributed by atoms with E-state index in [0.29, 0.717) is 36.6 Å². The van der Waals surface area contributed by atoms with Crippen LogP contribution in [-0.2, 0) is 43.0 Å². The third-order valence-electron chi connectivity index (χ3n) is 10.0. The predicted octanol–water partition coefficient (Wildman–Crippen LogP) is 6.24. The summed E-state index contributed by atoms with van der Waals surface area (Å²) in [5.74, 6) is 1.11. The van der Waals surface area contributed by atoms with Gasteiger partial charge in [-0.3, -0.25) is 4.68 Å². The predicted molar refractivity (Wildman–Crippen MR) is 217 cm³/mol. The normalized spacial score (nSPS) is 14.2. The van der Waals surface area contributed by atoms with Crippen molar-refractivity contribution in [3.05, 3.63) is 108 Å². The Morgan fingerprint density at radius 1 is 0.945 bits per heavy atom. The van der Waals surface area contributed by atoms with Gasteiger partial charge in [0.1, 0.15) is 35.3 Å². The van der Waals surface area contributed by atoms with Gasteiger partial charge in [-0.2, -0.15) is 5.10 Å². The van der Waals surface area contributed by atoms with E-state index in [2.05, 4.69) is 33.2 Å². The van der Waals surface area contributed by atoms with Gasteiger partial charge in [-0.1, -0.05) is 54.6 Å². The third kappa shape index (κ3) is 8.17. The standard InChI is InChI=1S/C42H48N6O6S/c1-5-52-42(50)41-34(16-10-26-53-38-17-8-12-29-11-6-7-13-32(29)38)33-14-9-15-35(40(33)43-41)39-36(27-49)44-46(4)37(39)28-54-31-20-18-30(19-21-31)47-22-24-48(25-23-47)55(51)45(2)3/h6-9,11-15,17-21,43,49H,5,10,16,22-28H2,1-4H3. The Hall–Kier alpha value is -5.05. The number of para-hydroxylation sites is 1. The van der Waals surface area contributed by atoms with Crippen molar-refractivity contribution in [1.29, 1.82) is 0 Å². The number of aromatic amines is 1. The molecule has 2 N–H and O–H groups in total. The van der Waals surface area contributed by atoms with E-state index in [9.17, 15) is 14.5 Å². The molecule has 12 nitrogen and oxygen atoms in total. The highest BCUT2D eigenvalue weighted by Crippen LogP contribution is 2.37. The van der Waals surface area contributed by atoms with Crippen molar-refractivity contribution in [2.45, 2.75) is 33.0 Å². The lowest BCUT2D eigenvalue weighted by Crippen LogP contribution is -2.51. The lowest BCUT2D eigenvalue weighted by Gasteiger charge is -2.36. The van der Waals surface area contributed by atoms with Crippen LogP contribution in [0.15, 0.2) is 84.9 Å². The van der Waals surface area contributed by atoms with Crippen molar-refractivity contribution in [2.75, 3.05) is 58.4 Å². The number of aliphatic hydroxyl groups is 1. The molecule has 1 atom stereocenters. The number of anilines is 1. The maximum atomic E-state index is 13.3. The van der Waals surface area contributed by atoms with Gasteiger partial charge in [-0.25, -0.2) is 4.79 Å². The van der Waals surface area contributed by atoms with Crippen molar-refractivity contribution >= 4 is 44.9 Å². The molecular weight excluding hydrogens is 717 g/mol. The molecule has 2 aromatic heterocycles. The zero-order chi connectivity index (χ0) is 38.5. The maximum absolute atomic E-state index is 13.3. The Balaban J connectivity index is 1.10. The third-order valence-corrected chi connectivity index (χ3v) is 11.4. The van der Waals surface area contributed by atoms with Crippen LogP contribution in [0.5, 0.6) is 11.5 Å². The molecule has 13 heteroatoms. The van der Waals surface area contributed by atoms with Gasteiger partial charge in [0.2, 0.25) is 0 Å². The Morgan fingerprint density at radius 2 is 1.67 bits per heavy atom. The van der Waals surface area contributed by atoms with Crippen molar-refractivity contribution in [2.24, 2.45) is 7.05 Å². The van der Waals surface area contributed by atoms with Gasteiger partial charge in [0, 0.05) is 61.8 Å². The van der Waals surface area contributed by atoms with E-state index >= 15 is 0 Å². The molecule has 0 spiro atoms. The van der Waals surface area contributed by atoms with Crippen LogP contribution in [-0.4, -0.2) is 92.5 Å². The number of nitrogens with zero attached hydrogens (tertiary/aromatic N) is 5. The minimum absolute atomic E-state index is 0.202. The number of benzene rings is 4. The second kappa shape index (κ2) is 17.2. The minimum Gasteiger partial charge on any atom is -0.578 e. The lowest BCUT2D eigenvalue weighted by atomic mass is 9.98. The molecule has 0 aliphatic carbocycles. The largest absolute Gasteiger partial charge is 0.578 e. The molecule has 0 saturated carbocycles. The first kappa shape index (κ1) is 38.2. The van der Waals surface area contributed by atoms with E-state index in [4.69, 9.17) is 14.2 Å². The number of aliphatic hydroxyl groups excluding tert-OH is 1. The average molecular weight is 765 g/mol. The maximum Gasteiger partial charge on any atom is 0.355 e. The molecule has 288 valence electrons. The number of rotatable bonds is 15. The summed E-state index contributed by atoms with van der Waals surface area (Å²) < 4.78 is 36.0. The average Bonchev–Trinajstić information content (AvgIpc) is 3.75. The van der Waals surface area contributed by atoms with Gasteiger partial charge in [-0.15, -0.1) is 8.61 Å². The number of ether oxygens (including phenoxy) is 3. The van der Waals surface area contributed by atoms with Crippen LogP contribution in [0.2, 0.25) is 0 Å². The summed E-state index contributed by atoms with van der Waals surface area (Å²) in [5, 5.41) is 18.2. The van der Waals surface area contributed by atoms with Gasteiger partial charge in [-0.05, 0) is 61.0 Å². The van der Waals surface area contributed by atoms with Crippen LogP contribution in [0.3, 0.4) is 0 Å². The van der Waals surface area contributed by atoms with Crippen LogP contribution in [0.1, 0.15) is 40.8 Å². The number of carbonyl (C=O) groups is 1. The smallest absolute Gasteiger partial charge is 0.355 e. The molecule has 0 amide bonds. The SMILES string of the molecule is CCOC(=O)c1[nH]c2c(-c3c(CO)nn(C)c3COc3ccc(N4CCN([S+]([O-])N(C)C)CC4)cc3)cccc2c1CCCOc1cccc2ccccc12. The van der Waals surface area contributed by atoms with Gasteiger partial charge in [0.15, 0.2) is 0 Å². The molecular formula is C42H48N6O6S. The van der Waals surface area contributed by atoms with Crippen molar-refractivity contribution < 1.29 is 28.7 Å². The van der Waals surface area contributed by atoms with Crippen molar-refractivity contribution in [1.82, 2.24) is 23.4 Å². The number of aromatic nitrogens is 3. The number of piperazine rings is 1. The molecule has 1 aliphatic heterocycles. The topological polar surface area (TPSA) is 131 Å². The molecule has 1 aliphatic rings. The summed E-state index contributed by atoms with van der Waals surface area (Å²) in [6.45, 7) is 5.45. The van der Waals surface area contributed by atoms with Crippen molar-refractivity contribution in [3.63, 3.8) is 0 Å². The lowest BCUT2D eigenvalue weighted by molar-refractivity contribution is 0.0519. The fourth-order valence-corrected chi connectivity index (χ4v) is 8.25.